The SMILES string of the molecule is C=C(CSC1CCCCCC(CCC2CCCCC(S)CCC2)CC1)C(=O)c1ccc(C(=O)NC)cc1. The van der Waals surface area contributed by atoms with Gasteiger partial charge in [0.2, 0.25) is 0 Å². The Kier molecular flexibility index (Phi) is 13.7. The van der Waals surface area contributed by atoms with Crippen molar-refractivity contribution < 1.29 is 9.59 Å². The summed E-state index contributed by atoms with van der Waals surface area (Å²) in [6.07, 6.45) is 21.7. The van der Waals surface area contributed by atoms with E-state index in [-0.39, 0.29) is 11.7 Å². The van der Waals surface area contributed by atoms with E-state index in [0.717, 1.165) is 11.8 Å². The summed E-state index contributed by atoms with van der Waals surface area (Å²) in [4.78, 5) is 24.7. The molecule has 0 aromatic heterocycles. The van der Waals surface area contributed by atoms with Gasteiger partial charge in [0.15, 0.2) is 5.78 Å². The van der Waals surface area contributed by atoms with Crippen molar-refractivity contribution in [2.75, 3.05) is 12.8 Å². The fourth-order valence-corrected chi connectivity index (χ4v) is 7.63. The van der Waals surface area contributed by atoms with E-state index in [9.17, 15) is 9.59 Å². The first-order chi connectivity index (χ1) is 18.0. The summed E-state index contributed by atoms with van der Waals surface area (Å²) < 4.78 is 0. The van der Waals surface area contributed by atoms with Crippen LogP contribution >= 0.6 is 24.4 Å². The summed E-state index contributed by atoms with van der Waals surface area (Å²) in [5.41, 5.74) is 1.84. The highest BCUT2D eigenvalue weighted by molar-refractivity contribution is 8.00. The highest BCUT2D eigenvalue weighted by Crippen LogP contribution is 2.34. The van der Waals surface area contributed by atoms with E-state index in [1.165, 1.54) is 103 Å². The Morgan fingerprint density at radius 3 is 2.11 bits per heavy atom. The number of ketones is 1. The monoisotopic (exact) mass is 543 g/mol. The van der Waals surface area contributed by atoms with Crippen molar-refractivity contribution in [3.63, 3.8) is 0 Å². The van der Waals surface area contributed by atoms with Crippen molar-refractivity contribution in [3.8, 4) is 0 Å². The Labute approximate surface area is 235 Å². The number of Topliss-reactive ketones (excluding diaryl/α,β-unsaturated/α-hetero) is 1. The Bertz CT molecular complexity index is 853. The fraction of sp³-hybridized carbons (Fsp3) is 0.688. The maximum atomic E-state index is 12.9. The van der Waals surface area contributed by atoms with Gasteiger partial charge in [-0.05, 0) is 56.1 Å². The second-order valence-electron chi connectivity index (χ2n) is 11.4. The van der Waals surface area contributed by atoms with Crippen LogP contribution in [0.4, 0.5) is 0 Å². The van der Waals surface area contributed by atoms with E-state index in [0.29, 0.717) is 33.0 Å². The lowest BCUT2D eigenvalue weighted by Gasteiger charge is -2.22. The molecular formula is C32H49NO2S2. The van der Waals surface area contributed by atoms with Crippen LogP contribution in [0, 0.1) is 11.8 Å². The number of hydrogen-bond acceptors (Lipinski definition) is 4. The van der Waals surface area contributed by atoms with Crippen LogP contribution in [0.3, 0.4) is 0 Å². The minimum absolute atomic E-state index is 0.00358. The summed E-state index contributed by atoms with van der Waals surface area (Å²) in [6.45, 7) is 4.12. The molecule has 4 atom stereocenters. The standard InChI is InChI=1S/C32H49NO2S2/c1-24(31(34)27-18-20-28(21-19-27)32(35)33-2)23-37-30-14-5-3-4-9-26(17-22-30)16-15-25-10-6-7-12-29(36)13-8-11-25/h18-21,25-26,29-30,36H,1,3-17,22-23H2,2H3,(H,33,35). The molecule has 5 heteroatoms. The zero-order valence-electron chi connectivity index (χ0n) is 23.0. The van der Waals surface area contributed by atoms with Crippen molar-refractivity contribution >= 4 is 36.1 Å². The fourth-order valence-electron chi connectivity index (χ4n) is 6.06. The number of carbonyl (C=O) groups excluding carboxylic acids is 2. The summed E-state index contributed by atoms with van der Waals surface area (Å²) >= 11 is 6.70. The lowest BCUT2D eigenvalue weighted by Crippen LogP contribution is -2.17. The lowest BCUT2D eigenvalue weighted by atomic mass is 9.85. The van der Waals surface area contributed by atoms with E-state index in [4.69, 9.17) is 12.6 Å². The first-order valence-corrected chi connectivity index (χ1v) is 16.4. The van der Waals surface area contributed by atoms with Crippen LogP contribution in [-0.4, -0.2) is 35.0 Å². The first-order valence-electron chi connectivity index (χ1n) is 14.8. The average Bonchev–Trinajstić information content (AvgIpc) is 3.10. The third-order valence-corrected chi connectivity index (χ3v) is 10.5. The normalized spacial score (nSPS) is 25.9. The molecule has 1 aromatic rings. The maximum Gasteiger partial charge on any atom is 0.251 e. The minimum atomic E-state index is -0.140. The zero-order valence-corrected chi connectivity index (χ0v) is 24.7. The van der Waals surface area contributed by atoms with Gasteiger partial charge >= 0.3 is 0 Å². The van der Waals surface area contributed by atoms with Gasteiger partial charge in [0.25, 0.3) is 5.91 Å². The van der Waals surface area contributed by atoms with E-state index < -0.39 is 0 Å². The van der Waals surface area contributed by atoms with E-state index in [2.05, 4.69) is 11.9 Å². The highest BCUT2D eigenvalue weighted by atomic mass is 32.2. The molecule has 0 radical (unpaired) electrons. The van der Waals surface area contributed by atoms with Crippen LogP contribution in [-0.2, 0) is 0 Å². The summed E-state index contributed by atoms with van der Waals surface area (Å²) in [5, 5.41) is 3.86. The lowest BCUT2D eigenvalue weighted by molar-refractivity contribution is 0.0961. The number of hydrogen-bond donors (Lipinski definition) is 2. The van der Waals surface area contributed by atoms with Gasteiger partial charge in [0, 0.05) is 40.0 Å². The molecule has 206 valence electrons. The van der Waals surface area contributed by atoms with Crippen LogP contribution in [0.1, 0.15) is 123 Å². The molecule has 3 rings (SSSR count). The quantitative estimate of drug-likeness (QED) is 0.186. The van der Waals surface area contributed by atoms with Crippen LogP contribution in [0.5, 0.6) is 0 Å². The predicted molar refractivity (Wildman–Crippen MR) is 163 cm³/mol. The molecular weight excluding hydrogens is 494 g/mol. The molecule has 2 saturated carbocycles. The van der Waals surface area contributed by atoms with E-state index >= 15 is 0 Å². The van der Waals surface area contributed by atoms with Gasteiger partial charge in [-0.1, -0.05) is 89.3 Å². The smallest absolute Gasteiger partial charge is 0.251 e. The van der Waals surface area contributed by atoms with Crippen LogP contribution in [0.25, 0.3) is 0 Å². The number of rotatable bonds is 9. The molecule has 2 aliphatic rings. The molecule has 0 heterocycles. The number of benzene rings is 1. The van der Waals surface area contributed by atoms with Gasteiger partial charge in [-0.3, -0.25) is 9.59 Å². The Morgan fingerprint density at radius 1 is 0.811 bits per heavy atom. The predicted octanol–water partition coefficient (Wildman–Crippen LogP) is 8.69. The molecule has 1 N–H and O–H groups in total. The van der Waals surface area contributed by atoms with E-state index in [1.54, 1.807) is 31.3 Å². The summed E-state index contributed by atoms with van der Waals surface area (Å²) in [6, 6.07) is 6.89. The van der Waals surface area contributed by atoms with E-state index in [1.807, 2.05) is 11.8 Å². The number of thiol groups is 1. The van der Waals surface area contributed by atoms with Gasteiger partial charge in [-0.15, -0.1) is 0 Å². The minimum Gasteiger partial charge on any atom is -0.355 e. The topological polar surface area (TPSA) is 46.2 Å². The molecule has 3 nitrogen and oxygen atoms in total. The molecule has 37 heavy (non-hydrogen) atoms. The van der Waals surface area contributed by atoms with Crippen molar-refractivity contribution in [1.29, 1.82) is 0 Å². The molecule has 0 aliphatic heterocycles. The summed E-state index contributed by atoms with van der Waals surface area (Å²) in [7, 11) is 1.61. The van der Waals surface area contributed by atoms with Gasteiger partial charge < -0.3 is 5.32 Å². The van der Waals surface area contributed by atoms with Gasteiger partial charge in [-0.25, -0.2) is 0 Å². The number of nitrogens with one attached hydrogen (secondary N) is 1. The van der Waals surface area contributed by atoms with Gasteiger partial charge in [0.1, 0.15) is 0 Å². The molecule has 0 saturated heterocycles. The average molecular weight is 544 g/mol. The maximum absolute atomic E-state index is 12.9. The molecule has 2 aliphatic carbocycles. The molecule has 1 aromatic carbocycles. The van der Waals surface area contributed by atoms with Crippen LogP contribution in [0.15, 0.2) is 36.4 Å². The van der Waals surface area contributed by atoms with Gasteiger partial charge in [0.05, 0.1) is 0 Å². The molecule has 1 amide bonds. The molecule has 4 unspecified atom stereocenters. The van der Waals surface area contributed by atoms with Gasteiger partial charge in [-0.2, -0.15) is 24.4 Å². The van der Waals surface area contributed by atoms with Crippen LogP contribution in [0.2, 0.25) is 0 Å². The Hall–Kier alpha value is -1.20. The zero-order chi connectivity index (χ0) is 26.5. The molecule has 0 bridgehead atoms. The third kappa shape index (κ3) is 10.8. The Balaban J connectivity index is 1.44. The number of thioether (sulfide) groups is 1. The molecule has 0 spiro atoms. The highest BCUT2D eigenvalue weighted by Gasteiger charge is 2.21. The number of amides is 1. The van der Waals surface area contributed by atoms with Crippen molar-refractivity contribution in [2.45, 2.75) is 113 Å². The first kappa shape index (κ1) is 30.3. The Morgan fingerprint density at radius 2 is 1.38 bits per heavy atom. The second-order valence-corrected chi connectivity index (χ2v) is 13.4. The summed E-state index contributed by atoms with van der Waals surface area (Å²) in [5.74, 6) is 2.35. The van der Waals surface area contributed by atoms with Crippen molar-refractivity contribution in [1.82, 2.24) is 5.32 Å². The van der Waals surface area contributed by atoms with Crippen LogP contribution < -0.4 is 5.32 Å². The number of carbonyl (C=O) groups is 2. The third-order valence-electron chi connectivity index (χ3n) is 8.52. The van der Waals surface area contributed by atoms with Crippen molar-refractivity contribution in [3.05, 3.63) is 47.5 Å². The largest absolute Gasteiger partial charge is 0.355 e. The van der Waals surface area contributed by atoms with Crippen molar-refractivity contribution in [2.24, 2.45) is 11.8 Å². The molecule has 2 fully saturated rings. The second kappa shape index (κ2) is 16.7.